The highest BCUT2D eigenvalue weighted by atomic mass is 16.5. The van der Waals surface area contributed by atoms with E-state index in [9.17, 15) is 5.11 Å². The van der Waals surface area contributed by atoms with Gasteiger partial charge in [0.05, 0.1) is 6.26 Å². The average molecular weight is 433 g/mol. The van der Waals surface area contributed by atoms with E-state index in [0.717, 1.165) is 59.5 Å². The van der Waals surface area contributed by atoms with Gasteiger partial charge in [0.25, 0.3) is 0 Å². The minimum Gasteiger partial charge on any atom is -0.515 e. The second-order valence-corrected chi connectivity index (χ2v) is 11.0. The minimum atomic E-state index is -0.0938. The third kappa shape index (κ3) is 10.3. The molecule has 0 aromatic carbocycles. The Labute approximate surface area is 194 Å². The van der Waals surface area contributed by atoms with Crippen molar-refractivity contribution in [3.63, 3.8) is 0 Å². The summed E-state index contributed by atoms with van der Waals surface area (Å²) in [6, 6.07) is 0. The molecule has 2 heteroatoms. The quantitative estimate of drug-likeness (QED) is 0.277. The molecule has 0 spiro atoms. The van der Waals surface area contributed by atoms with E-state index < -0.39 is 0 Å². The van der Waals surface area contributed by atoms with Crippen LogP contribution in [0.1, 0.15) is 126 Å². The summed E-state index contributed by atoms with van der Waals surface area (Å²) in [4.78, 5) is 0. The van der Waals surface area contributed by atoms with Crippen LogP contribution in [0, 0.1) is 17.8 Å². The molecule has 2 nitrogen and oxygen atoms in total. The summed E-state index contributed by atoms with van der Waals surface area (Å²) in [7, 11) is 0. The molecule has 0 bridgehead atoms. The van der Waals surface area contributed by atoms with Gasteiger partial charge in [-0.1, -0.05) is 78.7 Å². The van der Waals surface area contributed by atoms with Crippen LogP contribution in [0.4, 0.5) is 0 Å². The summed E-state index contributed by atoms with van der Waals surface area (Å²) in [5, 5.41) is 9.49. The standard InChI is InChI=1S/C29H52O2/c1-9-25(6)28-27(26(7)21-30)18-20-29(8,31-28)19-12-17-24(5)16-11-15-23(4)14-10-13-22(2)3/h9,21-24,30H,10-20H2,1-8H3/b25-9+,26-21+/t23-,24-,29-/m1/s1. The van der Waals surface area contributed by atoms with E-state index in [1.165, 1.54) is 57.6 Å². The fourth-order valence-electron chi connectivity index (χ4n) is 4.74. The molecule has 0 unspecified atom stereocenters. The Morgan fingerprint density at radius 1 is 0.935 bits per heavy atom. The van der Waals surface area contributed by atoms with Crippen molar-refractivity contribution in [3.8, 4) is 0 Å². The molecule has 0 aliphatic carbocycles. The molecule has 3 atom stereocenters. The zero-order valence-corrected chi connectivity index (χ0v) is 22.0. The monoisotopic (exact) mass is 432 g/mol. The van der Waals surface area contributed by atoms with E-state index in [2.05, 4.69) is 54.5 Å². The average Bonchev–Trinajstić information content (AvgIpc) is 2.72. The van der Waals surface area contributed by atoms with Gasteiger partial charge < -0.3 is 9.84 Å². The normalized spacial score (nSPS) is 22.6. The van der Waals surface area contributed by atoms with E-state index in [1.54, 1.807) is 0 Å². The molecular weight excluding hydrogens is 380 g/mol. The van der Waals surface area contributed by atoms with Crippen LogP contribution in [0.3, 0.4) is 0 Å². The first-order valence-corrected chi connectivity index (χ1v) is 13.0. The third-order valence-corrected chi connectivity index (χ3v) is 7.26. The Hall–Kier alpha value is -1.18. The van der Waals surface area contributed by atoms with E-state index in [0.29, 0.717) is 0 Å². The van der Waals surface area contributed by atoms with E-state index in [1.807, 2.05) is 6.92 Å². The second kappa shape index (κ2) is 14.1. The van der Waals surface area contributed by atoms with Crippen molar-refractivity contribution in [3.05, 3.63) is 34.8 Å². The van der Waals surface area contributed by atoms with Crippen molar-refractivity contribution in [2.75, 3.05) is 0 Å². The van der Waals surface area contributed by atoms with Crippen LogP contribution >= 0.6 is 0 Å². The summed E-state index contributed by atoms with van der Waals surface area (Å²) in [6.45, 7) is 17.9. The van der Waals surface area contributed by atoms with Gasteiger partial charge in [-0.05, 0) is 82.3 Å². The fourth-order valence-corrected chi connectivity index (χ4v) is 4.74. The zero-order chi connectivity index (χ0) is 23.4. The maximum Gasteiger partial charge on any atom is 0.126 e. The van der Waals surface area contributed by atoms with Gasteiger partial charge in [-0.2, -0.15) is 0 Å². The van der Waals surface area contributed by atoms with Crippen LogP contribution in [0.15, 0.2) is 34.8 Å². The second-order valence-electron chi connectivity index (χ2n) is 11.0. The van der Waals surface area contributed by atoms with Crippen molar-refractivity contribution >= 4 is 0 Å². The number of rotatable bonds is 14. The molecule has 180 valence electrons. The van der Waals surface area contributed by atoms with Crippen LogP contribution in [0.25, 0.3) is 0 Å². The first-order chi connectivity index (χ1) is 14.6. The van der Waals surface area contributed by atoms with Crippen molar-refractivity contribution in [2.24, 2.45) is 17.8 Å². The molecule has 0 radical (unpaired) electrons. The lowest BCUT2D eigenvalue weighted by Crippen LogP contribution is -2.33. The molecule has 1 aliphatic rings. The Morgan fingerprint density at radius 2 is 1.48 bits per heavy atom. The van der Waals surface area contributed by atoms with Gasteiger partial charge in [0.1, 0.15) is 11.4 Å². The molecule has 0 saturated carbocycles. The maximum absolute atomic E-state index is 9.49. The first kappa shape index (κ1) is 27.9. The molecule has 0 amide bonds. The van der Waals surface area contributed by atoms with Gasteiger partial charge in [0, 0.05) is 5.57 Å². The van der Waals surface area contributed by atoms with Crippen LogP contribution in [-0.2, 0) is 4.74 Å². The summed E-state index contributed by atoms with van der Waals surface area (Å²) < 4.78 is 6.57. The fraction of sp³-hybridized carbons (Fsp3) is 0.793. The summed E-state index contributed by atoms with van der Waals surface area (Å²) in [5.41, 5.74) is 3.15. The van der Waals surface area contributed by atoms with Gasteiger partial charge in [-0.15, -0.1) is 0 Å². The Kier molecular flexibility index (Phi) is 12.6. The number of aliphatic hydroxyl groups is 1. The lowest BCUT2D eigenvalue weighted by Gasteiger charge is -2.38. The number of ether oxygens (including phenoxy) is 1. The van der Waals surface area contributed by atoms with Crippen LogP contribution in [0.2, 0.25) is 0 Å². The lowest BCUT2D eigenvalue weighted by atomic mass is 9.84. The molecule has 31 heavy (non-hydrogen) atoms. The van der Waals surface area contributed by atoms with E-state index in [-0.39, 0.29) is 5.60 Å². The minimum absolute atomic E-state index is 0.0938. The predicted octanol–water partition coefficient (Wildman–Crippen LogP) is 9.68. The largest absolute Gasteiger partial charge is 0.515 e. The smallest absolute Gasteiger partial charge is 0.126 e. The van der Waals surface area contributed by atoms with Gasteiger partial charge in [0.15, 0.2) is 0 Å². The summed E-state index contributed by atoms with van der Waals surface area (Å²) >= 11 is 0. The van der Waals surface area contributed by atoms with Crippen molar-refractivity contribution < 1.29 is 9.84 Å². The number of hydrogen-bond donors (Lipinski definition) is 1. The SMILES string of the molecule is C/C=C(\C)C1=C(/C(C)=C/O)CC[C@@](C)(CCC[C@H](C)CCC[C@H](C)CCCC(C)C)O1. The topological polar surface area (TPSA) is 29.5 Å². The Balaban J connectivity index is 2.42. The molecule has 1 rings (SSSR count). The van der Waals surface area contributed by atoms with Crippen LogP contribution in [0.5, 0.6) is 0 Å². The number of allylic oxidation sites excluding steroid dienone is 4. The summed E-state index contributed by atoms with van der Waals surface area (Å²) in [5.74, 6) is 3.51. The molecular formula is C29H52O2. The molecule has 0 fully saturated rings. The van der Waals surface area contributed by atoms with E-state index in [4.69, 9.17) is 4.74 Å². The zero-order valence-electron chi connectivity index (χ0n) is 22.0. The van der Waals surface area contributed by atoms with E-state index >= 15 is 0 Å². The molecule has 1 heterocycles. The highest BCUT2D eigenvalue weighted by Crippen LogP contribution is 2.40. The predicted molar refractivity (Wildman–Crippen MR) is 136 cm³/mol. The molecule has 0 aromatic rings. The van der Waals surface area contributed by atoms with Crippen molar-refractivity contribution in [1.29, 1.82) is 0 Å². The number of aliphatic hydroxyl groups excluding tert-OH is 1. The van der Waals surface area contributed by atoms with Crippen LogP contribution < -0.4 is 0 Å². The lowest BCUT2D eigenvalue weighted by molar-refractivity contribution is -0.00815. The molecule has 0 saturated heterocycles. The molecule has 1 aliphatic heterocycles. The van der Waals surface area contributed by atoms with Crippen LogP contribution in [-0.4, -0.2) is 10.7 Å². The summed E-state index contributed by atoms with van der Waals surface area (Å²) in [6.07, 6.45) is 17.3. The maximum atomic E-state index is 9.49. The molecule has 0 aromatic heterocycles. The van der Waals surface area contributed by atoms with Crippen molar-refractivity contribution in [2.45, 2.75) is 132 Å². The van der Waals surface area contributed by atoms with Gasteiger partial charge in [-0.3, -0.25) is 0 Å². The Bertz CT molecular complexity index is 610. The molecule has 1 N–H and O–H groups in total. The Morgan fingerprint density at radius 3 is 2.00 bits per heavy atom. The third-order valence-electron chi connectivity index (χ3n) is 7.26. The number of hydrogen-bond acceptors (Lipinski definition) is 2. The van der Waals surface area contributed by atoms with Gasteiger partial charge in [0.2, 0.25) is 0 Å². The van der Waals surface area contributed by atoms with Crippen molar-refractivity contribution in [1.82, 2.24) is 0 Å². The van der Waals surface area contributed by atoms with Gasteiger partial charge >= 0.3 is 0 Å². The van der Waals surface area contributed by atoms with Gasteiger partial charge in [-0.25, -0.2) is 0 Å². The highest BCUT2D eigenvalue weighted by Gasteiger charge is 2.33. The highest BCUT2D eigenvalue weighted by molar-refractivity contribution is 5.41. The first-order valence-electron chi connectivity index (χ1n) is 13.0.